The fourth-order valence-electron chi connectivity index (χ4n) is 0.707. The lowest BCUT2D eigenvalue weighted by atomic mass is 10.5. The van der Waals surface area contributed by atoms with E-state index in [-0.39, 0.29) is 10.6 Å². The second-order valence-electron chi connectivity index (χ2n) is 2.79. The molecule has 0 radical (unpaired) electrons. The molecule has 0 saturated carbocycles. The molecule has 0 aromatic heterocycles. The summed E-state index contributed by atoms with van der Waals surface area (Å²) in [5.41, 5.74) is 0. The molecular formula is C7H16BrNO3S. The summed E-state index contributed by atoms with van der Waals surface area (Å²) in [6.07, 6.45) is 0.530. The van der Waals surface area contributed by atoms with Crippen LogP contribution in [0.2, 0.25) is 0 Å². The van der Waals surface area contributed by atoms with E-state index in [0.717, 1.165) is 0 Å². The lowest BCUT2D eigenvalue weighted by molar-refractivity contribution is 0.199. The van der Waals surface area contributed by atoms with Crippen LogP contribution in [0.3, 0.4) is 0 Å². The van der Waals surface area contributed by atoms with Gasteiger partial charge in [0.2, 0.25) is 10.0 Å². The van der Waals surface area contributed by atoms with Crippen molar-refractivity contribution in [3.8, 4) is 0 Å². The number of halogens is 1. The number of hydrogen-bond donors (Lipinski definition) is 1. The van der Waals surface area contributed by atoms with Crippen molar-refractivity contribution in [2.45, 2.75) is 18.2 Å². The minimum absolute atomic E-state index is 0.126. The van der Waals surface area contributed by atoms with Crippen LogP contribution < -0.4 is 4.72 Å². The van der Waals surface area contributed by atoms with Crippen molar-refractivity contribution >= 4 is 26.0 Å². The zero-order valence-corrected chi connectivity index (χ0v) is 10.3. The smallest absolute Gasteiger partial charge is 0.211 e. The summed E-state index contributed by atoms with van der Waals surface area (Å²) in [6.45, 7) is 2.79. The van der Waals surface area contributed by atoms with Gasteiger partial charge in [-0.15, -0.1) is 0 Å². The van der Waals surface area contributed by atoms with E-state index in [1.54, 1.807) is 7.11 Å². The highest BCUT2D eigenvalue weighted by molar-refractivity contribution is 9.09. The van der Waals surface area contributed by atoms with E-state index in [0.29, 0.717) is 19.6 Å². The largest absolute Gasteiger partial charge is 0.385 e. The number of sulfonamides is 1. The summed E-state index contributed by atoms with van der Waals surface area (Å²) in [7, 11) is -1.55. The fourth-order valence-corrected chi connectivity index (χ4v) is 2.23. The van der Waals surface area contributed by atoms with Crippen molar-refractivity contribution < 1.29 is 13.2 Å². The third-order valence-corrected chi connectivity index (χ3v) is 3.10. The molecule has 0 bridgehead atoms. The molecule has 4 nitrogen and oxygen atoms in total. The number of alkyl halides is 1. The Hall–Kier alpha value is 0.350. The van der Waals surface area contributed by atoms with Gasteiger partial charge in [-0.3, -0.25) is 0 Å². The molecule has 0 aliphatic heterocycles. The maximum atomic E-state index is 11.2. The van der Waals surface area contributed by atoms with Gasteiger partial charge in [-0.1, -0.05) is 22.9 Å². The molecule has 0 aromatic rings. The van der Waals surface area contributed by atoms with Gasteiger partial charge >= 0.3 is 0 Å². The topological polar surface area (TPSA) is 55.4 Å². The zero-order valence-electron chi connectivity index (χ0n) is 7.92. The van der Waals surface area contributed by atoms with Gasteiger partial charge in [0.15, 0.2) is 0 Å². The zero-order chi connectivity index (χ0) is 10.3. The van der Waals surface area contributed by atoms with Gasteiger partial charge in [0.1, 0.15) is 0 Å². The van der Waals surface area contributed by atoms with Gasteiger partial charge in [0.05, 0.1) is 5.75 Å². The Morgan fingerprint density at radius 2 is 2.15 bits per heavy atom. The standard InChI is InChI=1S/C7H16BrNO3S/c1-7(8)6-9-13(10,11)5-3-4-12-2/h7,9H,3-6H2,1-2H3. The van der Waals surface area contributed by atoms with Crippen LogP contribution in [0.5, 0.6) is 0 Å². The fraction of sp³-hybridized carbons (Fsp3) is 1.00. The van der Waals surface area contributed by atoms with E-state index in [1.807, 2.05) is 6.92 Å². The van der Waals surface area contributed by atoms with E-state index in [1.165, 1.54) is 0 Å². The van der Waals surface area contributed by atoms with Gasteiger partial charge in [0, 0.05) is 25.1 Å². The first-order valence-corrected chi connectivity index (χ1v) is 6.65. The number of methoxy groups -OCH3 is 1. The van der Waals surface area contributed by atoms with Crippen LogP contribution in [0, 0.1) is 0 Å². The first-order valence-electron chi connectivity index (χ1n) is 4.08. The molecule has 13 heavy (non-hydrogen) atoms. The normalized spacial score (nSPS) is 14.4. The van der Waals surface area contributed by atoms with Crippen LogP contribution >= 0.6 is 15.9 Å². The molecule has 0 saturated heterocycles. The lowest BCUT2D eigenvalue weighted by Gasteiger charge is -2.07. The molecule has 1 unspecified atom stereocenters. The molecule has 6 heteroatoms. The molecule has 0 aromatic carbocycles. The SMILES string of the molecule is COCCCS(=O)(=O)NCC(C)Br. The lowest BCUT2D eigenvalue weighted by Crippen LogP contribution is -2.30. The highest BCUT2D eigenvalue weighted by atomic mass is 79.9. The monoisotopic (exact) mass is 273 g/mol. The molecular weight excluding hydrogens is 258 g/mol. The van der Waals surface area contributed by atoms with Crippen molar-refractivity contribution in [1.29, 1.82) is 0 Å². The highest BCUT2D eigenvalue weighted by Gasteiger charge is 2.09. The van der Waals surface area contributed by atoms with Crippen LogP contribution in [0.1, 0.15) is 13.3 Å². The molecule has 1 atom stereocenters. The van der Waals surface area contributed by atoms with Gasteiger partial charge in [0.25, 0.3) is 0 Å². The molecule has 0 aliphatic rings. The number of nitrogens with one attached hydrogen (secondary N) is 1. The third kappa shape index (κ3) is 8.67. The molecule has 80 valence electrons. The summed E-state index contributed by atoms with van der Waals surface area (Å²) < 4.78 is 29.7. The van der Waals surface area contributed by atoms with Crippen LogP contribution in [0.15, 0.2) is 0 Å². The van der Waals surface area contributed by atoms with Gasteiger partial charge < -0.3 is 4.74 Å². The van der Waals surface area contributed by atoms with Crippen molar-refractivity contribution in [3.05, 3.63) is 0 Å². The van der Waals surface area contributed by atoms with Crippen molar-refractivity contribution in [2.75, 3.05) is 26.0 Å². The first-order chi connectivity index (χ1) is 5.98. The Morgan fingerprint density at radius 3 is 2.62 bits per heavy atom. The Labute approximate surface area is 88.2 Å². The molecule has 0 fully saturated rings. The van der Waals surface area contributed by atoms with Crippen LogP contribution in [-0.4, -0.2) is 39.3 Å². The van der Waals surface area contributed by atoms with Crippen molar-refractivity contribution in [2.24, 2.45) is 0 Å². The Bertz CT molecular complexity index is 216. The van der Waals surface area contributed by atoms with Gasteiger partial charge in [-0.05, 0) is 6.42 Å². The number of rotatable bonds is 7. The van der Waals surface area contributed by atoms with Crippen molar-refractivity contribution in [1.82, 2.24) is 4.72 Å². The average Bonchev–Trinajstić information content (AvgIpc) is 2.02. The molecule has 1 N–H and O–H groups in total. The Kier molecular flexibility index (Phi) is 6.93. The van der Waals surface area contributed by atoms with E-state index in [9.17, 15) is 8.42 Å². The molecule has 0 aliphatic carbocycles. The van der Waals surface area contributed by atoms with E-state index < -0.39 is 10.0 Å². The van der Waals surface area contributed by atoms with Gasteiger partial charge in [-0.2, -0.15) is 0 Å². The van der Waals surface area contributed by atoms with Crippen LogP contribution in [-0.2, 0) is 14.8 Å². The molecule has 0 spiro atoms. The first kappa shape index (κ1) is 13.4. The minimum atomic E-state index is -3.11. The number of ether oxygens (including phenoxy) is 1. The Morgan fingerprint density at radius 1 is 1.54 bits per heavy atom. The summed E-state index contributed by atoms with van der Waals surface area (Å²) in [5.74, 6) is 0.126. The highest BCUT2D eigenvalue weighted by Crippen LogP contribution is 1.96. The summed E-state index contributed by atoms with van der Waals surface area (Å²) in [4.78, 5) is 0.157. The predicted molar refractivity (Wildman–Crippen MR) is 56.7 cm³/mol. The summed E-state index contributed by atoms with van der Waals surface area (Å²) >= 11 is 3.26. The minimum Gasteiger partial charge on any atom is -0.385 e. The maximum Gasteiger partial charge on any atom is 0.211 e. The third-order valence-electron chi connectivity index (χ3n) is 1.35. The second kappa shape index (κ2) is 6.75. The van der Waals surface area contributed by atoms with E-state index in [4.69, 9.17) is 4.74 Å². The maximum absolute atomic E-state index is 11.2. The van der Waals surface area contributed by atoms with Crippen molar-refractivity contribution in [3.63, 3.8) is 0 Å². The predicted octanol–water partition coefficient (Wildman–Crippen LogP) is 0.726. The summed E-state index contributed by atoms with van der Waals surface area (Å²) in [6, 6.07) is 0. The molecule has 0 rings (SSSR count). The molecule has 0 heterocycles. The van der Waals surface area contributed by atoms with E-state index >= 15 is 0 Å². The summed E-state index contributed by atoms with van der Waals surface area (Å²) in [5, 5.41) is 0. The van der Waals surface area contributed by atoms with Crippen LogP contribution in [0.25, 0.3) is 0 Å². The number of hydrogen-bond acceptors (Lipinski definition) is 3. The average molecular weight is 274 g/mol. The quantitative estimate of drug-likeness (QED) is 0.550. The van der Waals surface area contributed by atoms with Gasteiger partial charge in [-0.25, -0.2) is 13.1 Å². The van der Waals surface area contributed by atoms with Crippen LogP contribution in [0.4, 0.5) is 0 Å². The Balaban J connectivity index is 3.68. The van der Waals surface area contributed by atoms with E-state index in [2.05, 4.69) is 20.7 Å². The molecule has 0 amide bonds. The second-order valence-corrected chi connectivity index (χ2v) is 6.28.